The molecule has 7 rings (SSSR count). The van der Waals surface area contributed by atoms with Crippen LogP contribution in [0.4, 0.5) is 28.2 Å². The topological polar surface area (TPSA) is 83.7 Å². The molecule has 5 heterocycles. The summed E-state index contributed by atoms with van der Waals surface area (Å²) in [7, 11) is 1.51. The summed E-state index contributed by atoms with van der Waals surface area (Å²) >= 11 is 6.57. The summed E-state index contributed by atoms with van der Waals surface area (Å²) < 4.78 is 74.8. The number of likely N-dealkylation sites (tertiary alicyclic amines) is 1. The van der Waals surface area contributed by atoms with Crippen LogP contribution in [0.25, 0.3) is 32.9 Å². The molecule has 264 valence electrons. The Hall–Kier alpha value is -4.10. The monoisotopic (exact) mass is 713 g/mol. The van der Waals surface area contributed by atoms with E-state index in [0.717, 1.165) is 29.7 Å². The minimum atomic E-state index is -3.28. The van der Waals surface area contributed by atoms with Crippen LogP contribution in [-0.4, -0.2) is 105 Å². The molecule has 0 spiro atoms. The van der Waals surface area contributed by atoms with Crippen LogP contribution in [0.3, 0.4) is 0 Å². The van der Waals surface area contributed by atoms with Gasteiger partial charge in [0.1, 0.15) is 35.0 Å². The third-order valence-electron chi connectivity index (χ3n) is 9.73. The number of amides is 1. The molecular weight excluding hydrogens is 676 g/mol. The van der Waals surface area contributed by atoms with Crippen LogP contribution in [0.1, 0.15) is 40.0 Å². The molecule has 0 bridgehead atoms. The van der Waals surface area contributed by atoms with Gasteiger partial charge in [0, 0.05) is 46.7 Å². The maximum atomic E-state index is 16.7. The van der Waals surface area contributed by atoms with Gasteiger partial charge >= 0.3 is 17.9 Å². The van der Waals surface area contributed by atoms with Gasteiger partial charge in [-0.3, -0.25) is 9.88 Å². The van der Waals surface area contributed by atoms with E-state index in [1.165, 1.54) is 24.0 Å². The quantitative estimate of drug-likeness (QED) is 0.117. The summed E-state index contributed by atoms with van der Waals surface area (Å²) in [6.45, 7) is 5.01. The second-order valence-corrected chi connectivity index (χ2v) is 14.9. The first-order valence-corrected chi connectivity index (χ1v) is 17.0. The third-order valence-corrected chi connectivity index (χ3v) is 10.0. The summed E-state index contributed by atoms with van der Waals surface area (Å²) in [5.74, 6) is -5.39. The van der Waals surface area contributed by atoms with E-state index in [0.29, 0.717) is 28.9 Å². The number of benzene rings is 2. The predicted octanol–water partition coefficient (Wildman–Crippen LogP) is 7.44. The molecule has 0 saturated carbocycles. The summed E-state index contributed by atoms with van der Waals surface area (Å²) in [5, 5.41) is 1.97. The van der Waals surface area contributed by atoms with Crippen LogP contribution in [-0.2, 0) is 4.74 Å². The van der Waals surface area contributed by atoms with Crippen LogP contribution in [0.15, 0.2) is 42.6 Å². The van der Waals surface area contributed by atoms with Gasteiger partial charge in [-0.15, -0.1) is 0 Å². The molecule has 14 heteroatoms. The Labute approximate surface area is 291 Å². The molecule has 1 amide bonds. The minimum Gasteiger partial charge on any atom is -0.444 e. The van der Waals surface area contributed by atoms with Gasteiger partial charge in [-0.05, 0) is 51.6 Å². The Balaban J connectivity index is 1.31. The first-order chi connectivity index (χ1) is 23.6. The van der Waals surface area contributed by atoms with Crippen LogP contribution < -0.4 is 4.74 Å². The fourth-order valence-electron chi connectivity index (χ4n) is 7.45. The fraction of sp³-hybridized carbons (Fsp3) is 0.472. The molecule has 50 heavy (non-hydrogen) atoms. The van der Waals surface area contributed by atoms with E-state index in [9.17, 15) is 9.18 Å². The standard InChI is InChI=1S/C36H38ClF4N6O3/c1-34(2,3)50-33(48)46-17-22(36(40,41)19-46)16-45(4)31-25-15-42-29(24-10-5-8-21-9-6-11-26(37)27(21)24)28(39)30(25)43-32(44-31)49-20-35-12-7-13-47(35)18-23(38)14-35/h5-6,8-11,15-16,22-23H,7,12-14,17-20H2,1-4H3/q+1/b45-16-/t22?,23-,35+/m1/s1. The van der Waals surface area contributed by atoms with E-state index in [2.05, 4.69) is 19.9 Å². The number of rotatable bonds is 6. The van der Waals surface area contributed by atoms with Gasteiger partial charge in [-0.2, -0.15) is 4.98 Å². The predicted molar refractivity (Wildman–Crippen MR) is 182 cm³/mol. The number of halogens is 5. The highest BCUT2D eigenvalue weighted by atomic mass is 35.5. The normalized spacial score (nSPS) is 23.9. The number of carbonyl (C=O) groups is 1. The van der Waals surface area contributed by atoms with E-state index in [1.54, 1.807) is 45.0 Å². The molecule has 0 aliphatic carbocycles. The van der Waals surface area contributed by atoms with Gasteiger partial charge < -0.3 is 14.4 Å². The largest absolute Gasteiger partial charge is 0.444 e. The van der Waals surface area contributed by atoms with Crippen molar-refractivity contribution in [3.05, 3.63) is 53.4 Å². The molecule has 4 aromatic rings. The van der Waals surface area contributed by atoms with Crippen molar-refractivity contribution in [2.24, 2.45) is 5.92 Å². The molecule has 3 aliphatic heterocycles. The molecule has 3 fully saturated rings. The van der Waals surface area contributed by atoms with E-state index >= 15 is 13.2 Å². The molecule has 2 aromatic carbocycles. The number of fused-ring (bicyclic) bond motifs is 3. The summed E-state index contributed by atoms with van der Waals surface area (Å²) in [4.78, 5) is 29.2. The van der Waals surface area contributed by atoms with Crippen LogP contribution >= 0.6 is 11.6 Å². The average molecular weight is 714 g/mol. The van der Waals surface area contributed by atoms with Gasteiger partial charge in [0.05, 0.1) is 31.3 Å². The third kappa shape index (κ3) is 6.34. The lowest BCUT2D eigenvalue weighted by atomic mass is 9.95. The smallest absolute Gasteiger partial charge is 0.434 e. The van der Waals surface area contributed by atoms with Crippen molar-refractivity contribution < 1.29 is 36.4 Å². The second kappa shape index (κ2) is 12.6. The maximum absolute atomic E-state index is 16.7. The molecule has 3 aliphatic rings. The number of hydrogen-bond acceptors (Lipinski definition) is 7. The number of carbonyl (C=O) groups excluding carboxylic acids is 1. The van der Waals surface area contributed by atoms with Gasteiger partial charge in [-0.25, -0.2) is 26.9 Å². The van der Waals surface area contributed by atoms with Crippen LogP contribution in [0.2, 0.25) is 5.02 Å². The van der Waals surface area contributed by atoms with Gasteiger partial charge in [0.2, 0.25) is 0 Å². The Morgan fingerprint density at radius 3 is 2.68 bits per heavy atom. The van der Waals surface area contributed by atoms with E-state index in [4.69, 9.17) is 21.1 Å². The summed E-state index contributed by atoms with van der Waals surface area (Å²) in [6.07, 6.45) is 2.76. The Morgan fingerprint density at radius 1 is 1.16 bits per heavy atom. The highest BCUT2D eigenvalue weighted by Crippen LogP contribution is 2.41. The molecule has 3 atom stereocenters. The SMILES string of the molecule is C/[N+](=C/C1CN(C(=O)OC(C)(C)C)CC1(F)F)c1nc(OC[C@@]23CCCN2C[C@H](F)C3)nc2c(F)c(-c3cccc4cccc(Cl)c34)ncc12. The zero-order valence-corrected chi connectivity index (χ0v) is 29.0. The lowest BCUT2D eigenvalue weighted by molar-refractivity contribution is -0.406. The highest BCUT2D eigenvalue weighted by Gasteiger charge is 2.51. The van der Waals surface area contributed by atoms with E-state index in [1.807, 2.05) is 12.1 Å². The van der Waals surface area contributed by atoms with Crippen molar-refractivity contribution in [2.45, 2.75) is 63.3 Å². The summed E-state index contributed by atoms with van der Waals surface area (Å²) in [5.41, 5.74) is -1.08. The molecule has 2 aromatic heterocycles. The molecular formula is C36H38ClF4N6O3+. The second-order valence-electron chi connectivity index (χ2n) is 14.5. The Kier molecular flexibility index (Phi) is 8.65. The Morgan fingerprint density at radius 2 is 1.92 bits per heavy atom. The number of ether oxygens (including phenoxy) is 2. The van der Waals surface area contributed by atoms with Gasteiger partial charge in [0.25, 0.3) is 5.92 Å². The first kappa shape index (κ1) is 34.4. The van der Waals surface area contributed by atoms with Crippen molar-refractivity contribution in [1.29, 1.82) is 0 Å². The number of hydrogen-bond donors (Lipinski definition) is 0. The lowest BCUT2D eigenvalue weighted by Gasteiger charge is -2.30. The van der Waals surface area contributed by atoms with Crippen molar-refractivity contribution in [3.63, 3.8) is 0 Å². The van der Waals surface area contributed by atoms with Crippen molar-refractivity contribution >= 4 is 51.4 Å². The van der Waals surface area contributed by atoms with E-state index < -0.39 is 47.6 Å². The summed E-state index contributed by atoms with van der Waals surface area (Å²) in [6, 6.07) is 10.5. The minimum absolute atomic E-state index is 0.00890. The lowest BCUT2D eigenvalue weighted by Crippen LogP contribution is -2.43. The molecule has 1 unspecified atom stereocenters. The molecule has 0 radical (unpaired) electrons. The van der Waals surface area contributed by atoms with Crippen LogP contribution in [0, 0.1) is 11.7 Å². The Bertz CT molecular complexity index is 2020. The maximum Gasteiger partial charge on any atom is 0.434 e. The highest BCUT2D eigenvalue weighted by molar-refractivity contribution is 6.36. The zero-order chi connectivity index (χ0) is 35.6. The van der Waals surface area contributed by atoms with E-state index in [-0.39, 0.29) is 41.6 Å². The fourth-order valence-corrected chi connectivity index (χ4v) is 7.74. The molecule has 0 N–H and O–H groups in total. The van der Waals surface area contributed by atoms with Crippen molar-refractivity contribution in [3.8, 4) is 17.3 Å². The van der Waals surface area contributed by atoms with Gasteiger partial charge in [-0.1, -0.05) is 41.9 Å². The molecule has 3 saturated heterocycles. The van der Waals surface area contributed by atoms with Crippen LogP contribution in [0.5, 0.6) is 6.01 Å². The zero-order valence-electron chi connectivity index (χ0n) is 28.2. The number of aromatic nitrogens is 3. The number of pyridine rings is 1. The average Bonchev–Trinajstić information content (AvgIpc) is 3.68. The number of alkyl halides is 3. The van der Waals surface area contributed by atoms with Gasteiger partial charge in [0.15, 0.2) is 5.82 Å². The molecule has 9 nitrogen and oxygen atoms in total. The number of nitrogens with zero attached hydrogens (tertiary/aromatic N) is 6. The van der Waals surface area contributed by atoms with Crippen molar-refractivity contribution in [2.75, 3.05) is 39.8 Å². The van der Waals surface area contributed by atoms with Crippen molar-refractivity contribution in [1.82, 2.24) is 24.8 Å². The first-order valence-electron chi connectivity index (χ1n) is 16.6.